The second-order valence-corrected chi connectivity index (χ2v) is 6.49. The molecule has 1 aliphatic heterocycles. The Balaban J connectivity index is 0.00000400. The van der Waals surface area contributed by atoms with E-state index in [1.165, 1.54) is 18.6 Å². The molecule has 0 saturated carbocycles. The summed E-state index contributed by atoms with van der Waals surface area (Å²) < 4.78 is 5.07. The van der Waals surface area contributed by atoms with Crippen molar-refractivity contribution >= 4 is 41.7 Å². The minimum atomic E-state index is 0. The van der Waals surface area contributed by atoms with Crippen molar-refractivity contribution < 1.29 is 4.74 Å². The highest BCUT2D eigenvalue weighted by atomic mass is 127. The third kappa shape index (κ3) is 10.6. The van der Waals surface area contributed by atoms with E-state index in [9.17, 15) is 0 Å². The van der Waals surface area contributed by atoms with E-state index in [0.717, 1.165) is 50.5 Å². The molecule has 0 aromatic carbocycles. The summed E-state index contributed by atoms with van der Waals surface area (Å²) in [6.07, 6.45) is 2.66. The molecule has 2 N–H and O–H groups in total. The molecule has 0 bridgehead atoms. The predicted octanol–water partition coefficient (Wildman–Crippen LogP) is 1.63. The van der Waals surface area contributed by atoms with E-state index in [-0.39, 0.29) is 24.0 Å². The standard InChI is InChI=1S/C14H30N4OS.HI/c1-4-15-14(17-12-13-6-5-11-20-13)16-7-8-18(2)9-10-19-3;/h13H,4-12H2,1-3H3,(H2,15,16,17);1H. The summed E-state index contributed by atoms with van der Waals surface area (Å²) in [5, 5.41) is 7.43. The van der Waals surface area contributed by atoms with Gasteiger partial charge >= 0.3 is 0 Å². The fourth-order valence-electron chi connectivity index (χ4n) is 2.05. The number of thioether (sulfide) groups is 1. The molecule has 0 aromatic heterocycles. The molecular weight excluding hydrogens is 399 g/mol. The Morgan fingerprint density at radius 1 is 1.38 bits per heavy atom. The second kappa shape index (κ2) is 13.9. The van der Waals surface area contributed by atoms with Gasteiger partial charge in [0.2, 0.25) is 0 Å². The molecule has 1 aliphatic rings. The molecule has 1 saturated heterocycles. The van der Waals surface area contributed by atoms with Crippen LogP contribution in [0, 0.1) is 0 Å². The van der Waals surface area contributed by atoms with Crippen LogP contribution in [0.4, 0.5) is 0 Å². The first-order chi connectivity index (χ1) is 9.76. The van der Waals surface area contributed by atoms with Crippen LogP contribution in [0.25, 0.3) is 0 Å². The molecule has 1 fully saturated rings. The number of nitrogens with one attached hydrogen (secondary N) is 2. The van der Waals surface area contributed by atoms with E-state index in [1.807, 2.05) is 0 Å². The molecule has 0 radical (unpaired) electrons. The summed E-state index contributed by atoms with van der Waals surface area (Å²) >= 11 is 2.06. The Labute approximate surface area is 151 Å². The zero-order chi connectivity index (χ0) is 14.6. The summed E-state index contributed by atoms with van der Waals surface area (Å²) in [5.41, 5.74) is 0. The summed E-state index contributed by atoms with van der Waals surface area (Å²) in [5.74, 6) is 2.24. The Kier molecular flexibility index (Phi) is 14.1. The number of likely N-dealkylation sites (N-methyl/N-ethyl adjacent to an activating group) is 1. The molecule has 7 heteroatoms. The molecule has 1 rings (SSSR count). The average Bonchev–Trinajstić information content (AvgIpc) is 2.95. The molecule has 1 unspecified atom stereocenters. The Morgan fingerprint density at radius 3 is 2.81 bits per heavy atom. The highest BCUT2D eigenvalue weighted by Crippen LogP contribution is 2.25. The van der Waals surface area contributed by atoms with Crippen molar-refractivity contribution in [3.63, 3.8) is 0 Å². The predicted molar refractivity (Wildman–Crippen MR) is 104 cm³/mol. The number of rotatable bonds is 9. The van der Waals surface area contributed by atoms with E-state index in [1.54, 1.807) is 7.11 Å². The van der Waals surface area contributed by atoms with Gasteiger partial charge in [-0.1, -0.05) is 0 Å². The first-order valence-electron chi connectivity index (χ1n) is 7.57. The number of halogens is 1. The fraction of sp³-hybridized carbons (Fsp3) is 0.929. The highest BCUT2D eigenvalue weighted by molar-refractivity contribution is 14.0. The maximum absolute atomic E-state index is 5.07. The first kappa shape index (κ1) is 21.3. The number of ether oxygens (including phenoxy) is 1. The van der Waals surface area contributed by atoms with E-state index in [4.69, 9.17) is 4.74 Å². The van der Waals surface area contributed by atoms with Gasteiger partial charge in [-0.25, -0.2) is 0 Å². The minimum absolute atomic E-state index is 0. The molecule has 21 heavy (non-hydrogen) atoms. The fourth-order valence-corrected chi connectivity index (χ4v) is 3.23. The van der Waals surface area contributed by atoms with Crippen LogP contribution in [-0.2, 0) is 4.74 Å². The van der Waals surface area contributed by atoms with E-state index in [0.29, 0.717) is 0 Å². The van der Waals surface area contributed by atoms with E-state index >= 15 is 0 Å². The van der Waals surface area contributed by atoms with Gasteiger partial charge in [0.1, 0.15) is 0 Å². The lowest BCUT2D eigenvalue weighted by molar-refractivity contribution is 0.162. The van der Waals surface area contributed by atoms with Gasteiger partial charge in [-0.05, 0) is 32.6 Å². The van der Waals surface area contributed by atoms with Crippen LogP contribution in [0.1, 0.15) is 19.8 Å². The third-order valence-corrected chi connectivity index (χ3v) is 4.66. The van der Waals surface area contributed by atoms with Gasteiger partial charge in [-0.3, -0.25) is 4.99 Å². The summed E-state index contributed by atoms with van der Waals surface area (Å²) in [6, 6.07) is 0. The number of nitrogens with zero attached hydrogens (tertiary/aromatic N) is 2. The Hall–Kier alpha value is 0.270. The molecule has 0 aromatic rings. The van der Waals surface area contributed by atoms with Crippen molar-refractivity contribution in [2.75, 3.05) is 59.2 Å². The maximum atomic E-state index is 5.07. The second-order valence-electron chi connectivity index (χ2n) is 5.08. The van der Waals surface area contributed by atoms with E-state index in [2.05, 4.69) is 46.3 Å². The lowest BCUT2D eigenvalue weighted by Crippen LogP contribution is -2.41. The molecule has 0 aliphatic carbocycles. The zero-order valence-corrected chi connectivity index (χ0v) is 16.7. The van der Waals surface area contributed by atoms with Gasteiger partial charge < -0.3 is 20.3 Å². The summed E-state index contributed by atoms with van der Waals surface area (Å²) in [4.78, 5) is 6.94. The smallest absolute Gasteiger partial charge is 0.191 e. The number of guanidine groups is 1. The molecule has 126 valence electrons. The highest BCUT2D eigenvalue weighted by Gasteiger charge is 2.14. The van der Waals surface area contributed by atoms with Gasteiger partial charge in [0, 0.05) is 38.5 Å². The van der Waals surface area contributed by atoms with Crippen molar-refractivity contribution in [1.82, 2.24) is 15.5 Å². The van der Waals surface area contributed by atoms with Crippen LogP contribution in [0.3, 0.4) is 0 Å². The largest absolute Gasteiger partial charge is 0.383 e. The number of methoxy groups -OCH3 is 1. The number of aliphatic imine (C=N–C) groups is 1. The van der Waals surface area contributed by atoms with Crippen LogP contribution >= 0.6 is 35.7 Å². The zero-order valence-electron chi connectivity index (χ0n) is 13.6. The normalized spacial score (nSPS) is 18.7. The third-order valence-electron chi connectivity index (χ3n) is 3.28. The van der Waals surface area contributed by atoms with Crippen LogP contribution < -0.4 is 10.6 Å². The van der Waals surface area contributed by atoms with Gasteiger partial charge in [0.25, 0.3) is 0 Å². The van der Waals surface area contributed by atoms with Crippen molar-refractivity contribution in [3.8, 4) is 0 Å². The van der Waals surface area contributed by atoms with Crippen molar-refractivity contribution in [2.24, 2.45) is 4.99 Å². The minimum Gasteiger partial charge on any atom is -0.383 e. The molecule has 1 atom stereocenters. The maximum Gasteiger partial charge on any atom is 0.191 e. The molecule has 5 nitrogen and oxygen atoms in total. The van der Waals surface area contributed by atoms with Crippen LogP contribution in [-0.4, -0.2) is 75.4 Å². The Bertz CT molecular complexity index is 276. The molecular formula is C14H31IN4OS. The summed E-state index contributed by atoms with van der Waals surface area (Å²) in [7, 11) is 3.85. The van der Waals surface area contributed by atoms with Crippen LogP contribution in [0.2, 0.25) is 0 Å². The van der Waals surface area contributed by atoms with Crippen LogP contribution in [0.15, 0.2) is 4.99 Å². The molecule has 0 amide bonds. The van der Waals surface area contributed by atoms with Gasteiger partial charge in [0.15, 0.2) is 5.96 Å². The lowest BCUT2D eigenvalue weighted by atomic mass is 10.2. The molecule has 0 spiro atoms. The van der Waals surface area contributed by atoms with Gasteiger partial charge in [-0.15, -0.1) is 24.0 Å². The Morgan fingerprint density at radius 2 is 2.19 bits per heavy atom. The van der Waals surface area contributed by atoms with Crippen molar-refractivity contribution in [3.05, 3.63) is 0 Å². The molecule has 1 heterocycles. The SMILES string of the molecule is CCNC(=NCC1CCCS1)NCCN(C)CCOC.I. The number of hydrogen-bond acceptors (Lipinski definition) is 4. The first-order valence-corrected chi connectivity index (χ1v) is 8.62. The van der Waals surface area contributed by atoms with Crippen molar-refractivity contribution in [1.29, 1.82) is 0 Å². The van der Waals surface area contributed by atoms with Gasteiger partial charge in [-0.2, -0.15) is 11.8 Å². The lowest BCUT2D eigenvalue weighted by Gasteiger charge is -2.18. The average molecular weight is 430 g/mol. The van der Waals surface area contributed by atoms with Gasteiger partial charge in [0.05, 0.1) is 13.2 Å². The van der Waals surface area contributed by atoms with Crippen LogP contribution in [0.5, 0.6) is 0 Å². The number of hydrogen-bond donors (Lipinski definition) is 2. The van der Waals surface area contributed by atoms with E-state index < -0.39 is 0 Å². The topological polar surface area (TPSA) is 48.9 Å². The quantitative estimate of drug-likeness (QED) is 0.331. The summed E-state index contributed by atoms with van der Waals surface area (Å²) in [6.45, 7) is 7.58. The van der Waals surface area contributed by atoms with Crippen molar-refractivity contribution in [2.45, 2.75) is 25.0 Å². The monoisotopic (exact) mass is 430 g/mol.